The van der Waals surface area contributed by atoms with Gasteiger partial charge in [-0.05, 0) is 50.2 Å². The first-order valence-corrected chi connectivity index (χ1v) is 11.2. The molecule has 0 saturated heterocycles. The SMILES string of the molecule is Cc1ccc(C(=O)NCC(C(C)C)N(C)C)cc1S(=O)(=O)NCc1ccccc1. The van der Waals surface area contributed by atoms with Crippen LogP contribution in [-0.4, -0.2) is 45.9 Å². The van der Waals surface area contributed by atoms with Crippen molar-refractivity contribution in [1.82, 2.24) is 14.9 Å². The summed E-state index contributed by atoms with van der Waals surface area (Å²) in [5, 5.41) is 2.92. The Morgan fingerprint density at radius 1 is 1.07 bits per heavy atom. The number of amides is 1. The topological polar surface area (TPSA) is 78.5 Å². The van der Waals surface area contributed by atoms with Gasteiger partial charge in [0.1, 0.15) is 0 Å². The lowest BCUT2D eigenvalue weighted by Crippen LogP contribution is -2.43. The molecule has 1 atom stereocenters. The summed E-state index contributed by atoms with van der Waals surface area (Å²) in [5.74, 6) is 0.0958. The van der Waals surface area contributed by atoms with Gasteiger partial charge >= 0.3 is 0 Å². The minimum atomic E-state index is -3.74. The van der Waals surface area contributed by atoms with Gasteiger partial charge in [0.25, 0.3) is 5.91 Å². The Labute approximate surface area is 174 Å². The quantitative estimate of drug-likeness (QED) is 0.658. The minimum absolute atomic E-state index is 0.120. The Balaban J connectivity index is 2.14. The summed E-state index contributed by atoms with van der Waals surface area (Å²) in [6.45, 7) is 6.61. The van der Waals surface area contributed by atoms with Crippen LogP contribution < -0.4 is 10.0 Å². The van der Waals surface area contributed by atoms with Crippen LogP contribution in [0.3, 0.4) is 0 Å². The molecular formula is C22H31N3O3S. The predicted molar refractivity (Wildman–Crippen MR) is 116 cm³/mol. The normalized spacial score (nSPS) is 12.9. The molecule has 0 radical (unpaired) electrons. The van der Waals surface area contributed by atoms with Crippen LogP contribution in [0, 0.1) is 12.8 Å². The van der Waals surface area contributed by atoms with E-state index in [1.807, 2.05) is 44.4 Å². The minimum Gasteiger partial charge on any atom is -0.350 e. The second-order valence-corrected chi connectivity index (χ2v) is 9.51. The number of nitrogens with one attached hydrogen (secondary N) is 2. The molecule has 2 rings (SSSR count). The van der Waals surface area contributed by atoms with E-state index < -0.39 is 10.0 Å². The third-order valence-electron chi connectivity index (χ3n) is 4.95. The maximum atomic E-state index is 12.8. The van der Waals surface area contributed by atoms with Gasteiger partial charge in [-0.2, -0.15) is 0 Å². The van der Waals surface area contributed by atoms with Gasteiger partial charge in [0.15, 0.2) is 0 Å². The molecule has 0 heterocycles. The average molecular weight is 418 g/mol. The largest absolute Gasteiger partial charge is 0.350 e. The van der Waals surface area contributed by atoms with Crippen molar-refractivity contribution in [1.29, 1.82) is 0 Å². The monoisotopic (exact) mass is 417 g/mol. The highest BCUT2D eigenvalue weighted by molar-refractivity contribution is 7.89. The Kier molecular flexibility index (Phi) is 7.96. The predicted octanol–water partition coefficient (Wildman–Crippen LogP) is 2.79. The van der Waals surface area contributed by atoms with Crippen molar-refractivity contribution in [3.63, 3.8) is 0 Å². The summed E-state index contributed by atoms with van der Waals surface area (Å²) in [7, 11) is 0.214. The molecule has 0 spiro atoms. The summed E-state index contributed by atoms with van der Waals surface area (Å²) in [6.07, 6.45) is 0. The lowest BCUT2D eigenvalue weighted by molar-refractivity contribution is 0.0934. The molecule has 1 unspecified atom stereocenters. The summed E-state index contributed by atoms with van der Waals surface area (Å²) in [6, 6.07) is 14.3. The molecule has 1 amide bonds. The smallest absolute Gasteiger partial charge is 0.251 e. The standard InChI is InChI=1S/C22H31N3O3S/c1-16(2)20(25(4)5)15-23-22(26)19-12-11-17(3)21(13-19)29(27,28)24-14-18-9-7-6-8-10-18/h6-13,16,20,24H,14-15H2,1-5H3,(H,23,26). The molecule has 0 saturated carbocycles. The highest BCUT2D eigenvalue weighted by Gasteiger charge is 2.21. The van der Waals surface area contributed by atoms with Crippen LogP contribution in [0.2, 0.25) is 0 Å². The second kappa shape index (κ2) is 10.0. The molecular weight excluding hydrogens is 386 g/mol. The molecule has 0 aliphatic heterocycles. The van der Waals surface area contributed by atoms with Crippen LogP contribution in [0.25, 0.3) is 0 Å². The molecule has 0 aliphatic rings. The fourth-order valence-corrected chi connectivity index (χ4v) is 4.48. The van der Waals surface area contributed by atoms with Crippen molar-refractivity contribution >= 4 is 15.9 Å². The van der Waals surface area contributed by atoms with Gasteiger partial charge in [0.05, 0.1) is 4.90 Å². The molecule has 6 nitrogen and oxygen atoms in total. The molecule has 2 N–H and O–H groups in total. The number of carbonyl (C=O) groups is 1. The molecule has 0 aliphatic carbocycles. The fourth-order valence-electron chi connectivity index (χ4n) is 3.20. The van der Waals surface area contributed by atoms with Crippen LogP contribution in [0.5, 0.6) is 0 Å². The van der Waals surface area contributed by atoms with Crippen molar-refractivity contribution in [3.05, 3.63) is 65.2 Å². The van der Waals surface area contributed by atoms with E-state index in [-0.39, 0.29) is 23.4 Å². The van der Waals surface area contributed by atoms with Gasteiger partial charge in [0.2, 0.25) is 10.0 Å². The van der Waals surface area contributed by atoms with Crippen LogP contribution in [0.1, 0.15) is 35.3 Å². The van der Waals surface area contributed by atoms with E-state index in [2.05, 4.69) is 28.8 Å². The van der Waals surface area contributed by atoms with E-state index in [0.717, 1.165) is 5.56 Å². The first kappa shape index (κ1) is 23.1. The molecule has 0 aromatic heterocycles. The Morgan fingerprint density at radius 2 is 1.72 bits per heavy atom. The zero-order valence-electron chi connectivity index (χ0n) is 17.8. The Morgan fingerprint density at radius 3 is 2.31 bits per heavy atom. The zero-order chi connectivity index (χ0) is 21.6. The summed E-state index contributed by atoms with van der Waals surface area (Å²) < 4.78 is 28.2. The van der Waals surface area contributed by atoms with E-state index >= 15 is 0 Å². The van der Waals surface area contributed by atoms with Crippen molar-refractivity contribution in [2.45, 2.75) is 38.3 Å². The first-order valence-electron chi connectivity index (χ1n) is 9.70. The van der Waals surface area contributed by atoms with Gasteiger partial charge < -0.3 is 10.2 Å². The van der Waals surface area contributed by atoms with Crippen molar-refractivity contribution in [3.8, 4) is 0 Å². The third kappa shape index (κ3) is 6.39. The Bertz CT molecular complexity index is 918. The first-order chi connectivity index (χ1) is 13.6. The number of sulfonamides is 1. The van der Waals surface area contributed by atoms with Crippen molar-refractivity contribution in [2.24, 2.45) is 5.92 Å². The molecule has 158 valence electrons. The van der Waals surface area contributed by atoms with Crippen LogP contribution >= 0.6 is 0 Å². The molecule has 7 heteroatoms. The van der Waals surface area contributed by atoms with Crippen molar-refractivity contribution in [2.75, 3.05) is 20.6 Å². The number of hydrogen-bond donors (Lipinski definition) is 2. The van der Waals surface area contributed by atoms with Crippen molar-refractivity contribution < 1.29 is 13.2 Å². The van der Waals surface area contributed by atoms with Crippen LogP contribution in [0.4, 0.5) is 0 Å². The Hall–Kier alpha value is -2.22. The lowest BCUT2D eigenvalue weighted by atomic mass is 10.0. The van der Waals surface area contributed by atoms with E-state index in [1.165, 1.54) is 6.07 Å². The van der Waals surface area contributed by atoms with Gasteiger partial charge in [-0.1, -0.05) is 50.2 Å². The zero-order valence-corrected chi connectivity index (χ0v) is 18.6. The molecule has 0 bridgehead atoms. The van der Waals surface area contributed by atoms with Gasteiger partial charge in [-0.15, -0.1) is 0 Å². The van der Waals surface area contributed by atoms with E-state index in [0.29, 0.717) is 23.6 Å². The van der Waals surface area contributed by atoms with Crippen LogP contribution in [-0.2, 0) is 16.6 Å². The number of benzene rings is 2. The van der Waals surface area contributed by atoms with E-state index in [9.17, 15) is 13.2 Å². The summed E-state index contributed by atoms with van der Waals surface area (Å²) >= 11 is 0. The highest BCUT2D eigenvalue weighted by atomic mass is 32.2. The summed E-state index contributed by atoms with van der Waals surface area (Å²) in [5.41, 5.74) is 1.79. The summed E-state index contributed by atoms with van der Waals surface area (Å²) in [4.78, 5) is 14.8. The van der Waals surface area contributed by atoms with Crippen LogP contribution in [0.15, 0.2) is 53.4 Å². The van der Waals surface area contributed by atoms with Gasteiger partial charge in [-0.25, -0.2) is 13.1 Å². The number of hydrogen-bond acceptors (Lipinski definition) is 4. The molecule has 2 aromatic rings. The van der Waals surface area contributed by atoms with Gasteiger partial charge in [-0.3, -0.25) is 4.79 Å². The maximum absolute atomic E-state index is 12.8. The maximum Gasteiger partial charge on any atom is 0.251 e. The van der Waals surface area contributed by atoms with E-state index in [1.54, 1.807) is 19.1 Å². The molecule has 2 aromatic carbocycles. The number of rotatable bonds is 9. The number of likely N-dealkylation sites (N-methyl/N-ethyl adjacent to an activating group) is 1. The van der Waals surface area contributed by atoms with E-state index in [4.69, 9.17) is 0 Å². The molecule has 29 heavy (non-hydrogen) atoms. The number of carbonyl (C=O) groups excluding carboxylic acids is 1. The third-order valence-corrected chi connectivity index (χ3v) is 6.50. The fraction of sp³-hybridized carbons (Fsp3) is 0.409. The van der Waals surface area contributed by atoms with Gasteiger partial charge in [0, 0.05) is 24.7 Å². The molecule has 0 fully saturated rings. The number of nitrogens with zero attached hydrogens (tertiary/aromatic N) is 1. The lowest BCUT2D eigenvalue weighted by Gasteiger charge is -2.28. The average Bonchev–Trinajstić information content (AvgIpc) is 2.67. The highest BCUT2D eigenvalue weighted by Crippen LogP contribution is 2.18. The second-order valence-electron chi connectivity index (χ2n) is 7.78. The number of aryl methyl sites for hydroxylation is 1.